The fourth-order valence-electron chi connectivity index (χ4n) is 8.57. The van der Waals surface area contributed by atoms with Gasteiger partial charge < -0.3 is 0 Å². The minimum atomic E-state index is -2.82. The molecule has 0 fully saturated rings. The van der Waals surface area contributed by atoms with E-state index in [9.17, 15) is 17.6 Å². The van der Waals surface area contributed by atoms with Crippen LogP contribution in [0.1, 0.15) is 0 Å². The number of halogens is 8. The van der Waals surface area contributed by atoms with Gasteiger partial charge in [0, 0.05) is 0 Å². The average Bonchev–Trinajstić information content (AvgIpc) is 3.21. The molecule has 0 saturated heterocycles. The summed E-state index contributed by atoms with van der Waals surface area (Å²) in [6, 6.07) is 46.5. The third-order valence-corrected chi connectivity index (χ3v) is 10.9. The lowest BCUT2D eigenvalue weighted by molar-refractivity contribution is 0.626. The molecule has 0 aliphatic heterocycles. The molecule has 0 aliphatic rings. The summed E-state index contributed by atoms with van der Waals surface area (Å²) in [4.78, 5) is 0. The summed E-state index contributed by atoms with van der Waals surface area (Å²) >= 11 is 0. The van der Waals surface area contributed by atoms with E-state index < -0.39 is 58.8 Å². The van der Waals surface area contributed by atoms with Crippen molar-refractivity contribution in [3.05, 3.63) is 241 Å². The van der Waals surface area contributed by atoms with Crippen LogP contribution in [0.4, 0.5) is 35.1 Å². The van der Waals surface area contributed by atoms with Crippen molar-refractivity contribution in [3.63, 3.8) is 0 Å². The van der Waals surface area contributed by atoms with Gasteiger partial charge in [-0.1, -0.05) is 146 Å². The average molecular weight is 782 g/mol. The van der Waals surface area contributed by atoms with Crippen LogP contribution in [0, 0.1) is 46.5 Å². The summed E-state index contributed by atoms with van der Waals surface area (Å²) in [5.74, 6) is -4.61. The monoisotopic (exact) mass is 782 g/mol. The van der Waals surface area contributed by atoms with Gasteiger partial charge in [0.05, 0.1) is 23.3 Å². The first-order valence-corrected chi connectivity index (χ1v) is 18.4. The van der Waals surface area contributed by atoms with E-state index in [0.717, 1.165) is 0 Å². The fraction of sp³-hybridized carbons (Fsp3) is 0. The second-order valence-corrected chi connectivity index (χ2v) is 14.0. The number of benzene rings is 8. The van der Waals surface area contributed by atoms with E-state index in [1.54, 1.807) is 72.8 Å². The van der Waals surface area contributed by atoms with Crippen LogP contribution in [0.3, 0.4) is 0 Å². The van der Waals surface area contributed by atoms with Crippen molar-refractivity contribution >= 4 is 56.0 Å². The lowest BCUT2D eigenvalue weighted by Crippen LogP contribution is -2.77. The molecule has 288 valence electrons. The normalized spacial score (nSPS) is 11.4. The highest BCUT2D eigenvalue weighted by molar-refractivity contribution is 7.20. The highest BCUT2D eigenvalue weighted by atomic mass is 19.2. The van der Waals surface area contributed by atoms with Gasteiger partial charge in [-0.25, -0.2) is 35.1 Å². The molecular formula is C48H32B2F8-2. The summed E-state index contributed by atoms with van der Waals surface area (Å²) in [6.45, 7) is 0. The Morgan fingerprint density at radius 3 is 0.655 bits per heavy atom. The largest absolute Gasteiger partial charge is 0.210 e. The first-order chi connectivity index (χ1) is 28.1. The zero-order valence-corrected chi connectivity index (χ0v) is 30.7. The summed E-state index contributed by atoms with van der Waals surface area (Å²) < 4.78 is 118. The predicted octanol–water partition coefficient (Wildman–Crippen LogP) is 7.24. The zero-order valence-electron chi connectivity index (χ0n) is 30.7. The van der Waals surface area contributed by atoms with E-state index in [1.165, 1.54) is 121 Å². The van der Waals surface area contributed by atoms with Crippen LogP contribution in [-0.4, -0.2) is 12.3 Å². The van der Waals surface area contributed by atoms with Crippen LogP contribution >= 0.6 is 0 Å². The molecule has 0 spiro atoms. The van der Waals surface area contributed by atoms with E-state index in [0.29, 0.717) is 21.9 Å². The molecule has 8 aromatic carbocycles. The Morgan fingerprint density at radius 1 is 0.224 bits per heavy atom. The molecular weight excluding hydrogens is 750 g/mol. The van der Waals surface area contributed by atoms with Crippen LogP contribution < -0.4 is 43.7 Å². The van der Waals surface area contributed by atoms with Gasteiger partial charge >= 0.3 is 0 Å². The maximum absolute atomic E-state index is 15.2. The van der Waals surface area contributed by atoms with Crippen molar-refractivity contribution in [1.29, 1.82) is 0 Å². The van der Waals surface area contributed by atoms with Crippen LogP contribution in [0.2, 0.25) is 0 Å². The van der Waals surface area contributed by atoms with Crippen molar-refractivity contribution in [2.75, 3.05) is 0 Å². The number of rotatable bonds is 8. The summed E-state index contributed by atoms with van der Waals surface area (Å²) in [7, 11) is 0. The molecule has 8 aromatic rings. The Morgan fingerprint density at radius 2 is 0.448 bits per heavy atom. The maximum Gasteiger partial charge on any atom is 0.122 e. The molecule has 10 heteroatoms. The molecule has 0 bridgehead atoms. The molecule has 0 N–H and O–H groups in total. The molecule has 58 heavy (non-hydrogen) atoms. The van der Waals surface area contributed by atoms with E-state index >= 15 is 17.6 Å². The van der Waals surface area contributed by atoms with Gasteiger partial charge in [-0.2, -0.15) is 43.7 Å². The minimum absolute atomic E-state index is 0.0211. The highest BCUT2D eigenvalue weighted by Gasteiger charge is 2.39. The van der Waals surface area contributed by atoms with Gasteiger partial charge in [0.2, 0.25) is 0 Å². The Labute approximate surface area is 330 Å². The van der Waals surface area contributed by atoms with Gasteiger partial charge in [0.15, 0.2) is 0 Å². The first-order valence-electron chi connectivity index (χ1n) is 18.4. The van der Waals surface area contributed by atoms with Crippen LogP contribution in [0.25, 0.3) is 0 Å². The van der Waals surface area contributed by atoms with E-state index in [2.05, 4.69) is 0 Å². The quantitative estimate of drug-likeness (QED) is 0.113. The van der Waals surface area contributed by atoms with Gasteiger partial charge in [-0.3, -0.25) is 0 Å². The molecule has 0 nitrogen and oxygen atoms in total. The Kier molecular flexibility index (Phi) is 11.5. The third kappa shape index (κ3) is 7.34. The second kappa shape index (κ2) is 16.8. The smallest absolute Gasteiger partial charge is 0.122 e. The summed E-state index contributed by atoms with van der Waals surface area (Å²) in [5, 5.41) is 0. The SMILES string of the molecule is Fc1cccc([B-](c2cccc(F)c2)(c2cccc(F)c2)c2cccc(F)c2)c1.Fc1ccccc1[B-](c1ccccc1F)(c1ccccc1F)c1ccccc1F. The molecule has 0 aliphatic carbocycles. The predicted molar refractivity (Wildman–Crippen MR) is 220 cm³/mol. The van der Waals surface area contributed by atoms with Gasteiger partial charge in [-0.05, 0) is 48.5 Å². The van der Waals surface area contributed by atoms with E-state index in [4.69, 9.17) is 0 Å². The zero-order chi connectivity index (χ0) is 40.9. The second-order valence-electron chi connectivity index (χ2n) is 14.0. The molecule has 8 rings (SSSR count). The van der Waals surface area contributed by atoms with Gasteiger partial charge in [0.1, 0.15) is 35.6 Å². The van der Waals surface area contributed by atoms with Gasteiger partial charge in [-0.15, -0.1) is 0 Å². The fourth-order valence-corrected chi connectivity index (χ4v) is 8.57. The lowest BCUT2D eigenvalue weighted by Gasteiger charge is -2.44. The molecule has 0 heterocycles. The Balaban J connectivity index is 0.000000177. The van der Waals surface area contributed by atoms with Crippen molar-refractivity contribution in [2.45, 2.75) is 0 Å². The van der Waals surface area contributed by atoms with Gasteiger partial charge in [0.25, 0.3) is 0 Å². The Bertz CT molecular complexity index is 2340. The van der Waals surface area contributed by atoms with Crippen LogP contribution in [0.15, 0.2) is 194 Å². The van der Waals surface area contributed by atoms with E-state index in [1.807, 2.05) is 0 Å². The van der Waals surface area contributed by atoms with Crippen LogP contribution in [0.5, 0.6) is 0 Å². The topological polar surface area (TPSA) is 0 Å². The molecule has 0 unspecified atom stereocenters. The Hall–Kier alpha value is -6.67. The van der Waals surface area contributed by atoms with E-state index in [-0.39, 0.29) is 21.9 Å². The van der Waals surface area contributed by atoms with Crippen molar-refractivity contribution in [2.24, 2.45) is 0 Å². The molecule has 0 atom stereocenters. The molecule has 0 saturated carbocycles. The summed E-state index contributed by atoms with van der Waals surface area (Å²) in [5.41, 5.74) is 2.05. The van der Waals surface area contributed by atoms with Crippen molar-refractivity contribution < 1.29 is 35.1 Å². The molecule has 0 radical (unpaired) electrons. The first kappa shape index (κ1) is 39.6. The highest BCUT2D eigenvalue weighted by Crippen LogP contribution is 2.17. The van der Waals surface area contributed by atoms with Crippen molar-refractivity contribution in [3.8, 4) is 0 Å². The minimum Gasteiger partial charge on any atom is -0.210 e. The number of hydrogen-bond donors (Lipinski definition) is 0. The maximum atomic E-state index is 15.2. The van der Waals surface area contributed by atoms with Crippen LogP contribution in [-0.2, 0) is 0 Å². The van der Waals surface area contributed by atoms with Crippen molar-refractivity contribution in [1.82, 2.24) is 0 Å². The number of hydrogen-bond acceptors (Lipinski definition) is 0. The standard InChI is InChI=1S/2C24H16BF4/c26-21-9-1-5-17(13-21)25(18-6-2-10-22(27)14-18,19-7-3-11-23(28)15-19)20-8-4-12-24(29)16-20;26-21-13-5-1-9-17(21)25(18-10-2-6-14-22(18)27,19-11-3-7-15-23(19)28)20-12-4-8-16-24(20)29/h2*1-16H/q2*-1. The molecule has 0 aromatic heterocycles. The third-order valence-electron chi connectivity index (χ3n) is 10.9. The lowest BCUT2D eigenvalue weighted by atomic mass is 9.12. The molecule has 0 amide bonds. The summed E-state index contributed by atoms with van der Waals surface area (Å²) in [6.07, 6.45) is -5.07.